The molecule has 5 nitrogen and oxygen atoms in total. The first kappa shape index (κ1) is 12.2. The fourth-order valence-corrected chi connectivity index (χ4v) is 2.87. The second-order valence-corrected chi connectivity index (χ2v) is 5.24. The van der Waals surface area contributed by atoms with E-state index in [-0.39, 0.29) is 5.56 Å². The summed E-state index contributed by atoms with van der Waals surface area (Å²) in [6.07, 6.45) is 0. The first-order valence-corrected chi connectivity index (χ1v) is 6.51. The highest BCUT2D eigenvalue weighted by molar-refractivity contribution is 6.02. The number of hydrogen-bond acceptors (Lipinski definition) is 3. The molecule has 1 aliphatic heterocycles. The van der Waals surface area contributed by atoms with Gasteiger partial charge in [0.15, 0.2) is 0 Å². The molecule has 0 radical (unpaired) electrons. The minimum absolute atomic E-state index is 0.276. The Bertz CT molecular complexity index is 647. The molecule has 2 N–H and O–H groups in total. The topological polar surface area (TPSA) is 67.1 Å². The van der Waals surface area contributed by atoms with E-state index in [1.165, 1.54) is 0 Å². The monoisotopic (exact) mass is 259 g/mol. The van der Waals surface area contributed by atoms with Gasteiger partial charge in [-0.25, -0.2) is 4.79 Å². The molecule has 0 bridgehead atoms. The summed E-state index contributed by atoms with van der Waals surface area (Å²) < 4.78 is 1.99. The van der Waals surface area contributed by atoms with Crippen LogP contribution in [0.15, 0.2) is 18.2 Å². The molecule has 1 aromatic carbocycles. The summed E-state index contributed by atoms with van der Waals surface area (Å²) in [6.45, 7) is 6.06. The van der Waals surface area contributed by atoms with Gasteiger partial charge in [-0.2, -0.15) is 5.10 Å². The summed E-state index contributed by atoms with van der Waals surface area (Å²) in [5.41, 5.74) is 1.91. The van der Waals surface area contributed by atoms with Gasteiger partial charge in [-0.05, 0) is 25.5 Å². The van der Waals surface area contributed by atoms with Crippen molar-refractivity contribution in [2.24, 2.45) is 5.92 Å². The van der Waals surface area contributed by atoms with Crippen molar-refractivity contribution in [3.05, 3.63) is 29.5 Å². The fraction of sp³-hybridized carbons (Fsp3) is 0.429. The van der Waals surface area contributed by atoms with Crippen LogP contribution in [0, 0.1) is 12.8 Å². The predicted molar refractivity (Wildman–Crippen MR) is 72.5 cm³/mol. The van der Waals surface area contributed by atoms with Gasteiger partial charge in [0.25, 0.3) is 0 Å². The Morgan fingerprint density at radius 3 is 2.89 bits per heavy atom. The van der Waals surface area contributed by atoms with E-state index in [2.05, 4.69) is 17.3 Å². The molecule has 1 fully saturated rings. The number of rotatable bonds is 2. The Morgan fingerprint density at radius 1 is 1.47 bits per heavy atom. The number of aryl methyl sites for hydroxylation is 1. The predicted octanol–water partition coefficient (Wildman–Crippen LogP) is 1.82. The number of carboxylic acids is 1. The highest BCUT2D eigenvalue weighted by Gasteiger charge is 2.28. The molecule has 2 atom stereocenters. The minimum Gasteiger partial charge on any atom is -0.478 e. The first-order valence-electron chi connectivity index (χ1n) is 6.51. The SMILES string of the molecule is Cc1c2cccc(C(=O)O)c2nn1C1CNCC1C. The number of benzene rings is 1. The van der Waals surface area contributed by atoms with Gasteiger partial charge in [-0.3, -0.25) is 4.68 Å². The average molecular weight is 259 g/mol. The molecule has 100 valence electrons. The second kappa shape index (κ2) is 4.35. The van der Waals surface area contributed by atoms with Crippen molar-refractivity contribution < 1.29 is 9.90 Å². The zero-order valence-electron chi connectivity index (χ0n) is 11.1. The second-order valence-electron chi connectivity index (χ2n) is 5.24. The van der Waals surface area contributed by atoms with E-state index in [1.807, 2.05) is 17.7 Å². The van der Waals surface area contributed by atoms with Crippen LogP contribution in [-0.4, -0.2) is 33.9 Å². The van der Waals surface area contributed by atoms with Crippen LogP contribution in [0.4, 0.5) is 0 Å². The quantitative estimate of drug-likeness (QED) is 0.863. The highest BCUT2D eigenvalue weighted by Crippen LogP contribution is 2.28. The van der Waals surface area contributed by atoms with E-state index in [0.29, 0.717) is 17.5 Å². The number of nitrogens with one attached hydrogen (secondary N) is 1. The lowest BCUT2D eigenvalue weighted by Crippen LogP contribution is -2.18. The molecule has 0 aliphatic carbocycles. The largest absolute Gasteiger partial charge is 0.478 e. The van der Waals surface area contributed by atoms with Gasteiger partial charge in [-0.1, -0.05) is 19.1 Å². The Hall–Kier alpha value is -1.88. The van der Waals surface area contributed by atoms with E-state index in [4.69, 9.17) is 0 Å². The zero-order chi connectivity index (χ0) is 13.6. The molecule has 2 unspecified atom stereocenters. The maximum atomic E-state index is 11.3. The third-order valence-corrected chi connectivity index (χ3v) is 4.00. The maximum Gasteiger partial charge on any atom is 0.337 e. The fourth-order valence-electron chi connectivity index (χ4n) is 2.87. The molecule has 1 saturated heterocycles. The lowest BCUT2D eigenvalue weighted by Gasteiger charge is -2.16. The number of hydrogen-bond donors (Lipinski definition) is 2. The van der Waals surface area contributed by atoms with Gasteiger partial charge in [-0.15, -0.1) is 0 Å². The van der Waals surface area contributed by atoms with Crippen LogP contribution in [0.1, 0.15) is 29.0 Å². The average Bonchev–Trinajstić information content (AvgIpc) is 2.93. The standard InChI is InChI=1S/C14H17N3O2/c1-8-6-15-7-12(8)17-9(2)10-4-3-5-11(14(18)19)13(10)16-17/h3-5,8,12,15H,6-7H2,1-2H3,(H,18,19). The summed E-state index contributed by atoms with van der Waals surface area (Å²) in [6, 6.07) is 5.63. The molecule has 1 aromatic heterocycles. The van der Waals surface area contributed by atoms with E-state index < -0.39 is 5.97 Å². The van der Waals surface area contributed by atoms with Gasteiger partial charge < -0.3 is 10.4 Å². The number of carbonyl (C=O) groups is 1. The molecule has 5 heteroatoms. The van der Waals surface area contributed by atoms with Crippen molar-refractivity contribution in [2.75, 3.05) is 13.1 Å². The summed E-state index contributed by atoms with van der Waals surface area (Å²) in [7, 11) is 0. The highest BCUT2D eigenvalue weighted by atomic mass is 16.4. The van der Waals surface area contributed by atoms with Gasteiger partial charge in [0.2, 0.25) is 0 Å². The molecule has 3 rings (SSSR count). The van der Waals surface area contributed by atoms with Crippen molar-refractivity contribution in [2.45, 2.75) is 19.9 Å². The Labute approximate surface area is 111 Å². The molecule has 0 saturated carbocycles. The van der Waals surface area contributed by atoms with Crippen LogP contribution in [0.2, 0.25) is 0 Å². The molecular weight excluding hydrogens is 242 g/mol. The molecule has 1 aliphatic rings. The normalized spacial score (nSPS) is 23.1. The summed E-state index contributed by atoms with van der Waals surface area (Å²) in [5.74, 6) is -0.422. The number of nitrogens with zero attached hydrogens (tertiary/aromatic N) is 2. The van der Waals surface area contributed by atoms with Crippen LogP contribution in [0.25, 0.3) is 10.9 Å². The van der Waals surface area contributed by atoms with Crippen molar-refractivity contribution in [1.82, 2.24) is 15.1 Å². The van der Waals surface area contributed by atoms with Gasteiger partial charge >= 0.3 is 5.97 Å². The smallest absolute Gasteiger partial charge is 0.337 e. The molecule has 0 spiro atoms. The lowest BCUT2D eigenvalue weighted by atomic mass is 10.1. The van der Waals surface area contributed by atoms with Crippen LogP contribution in [0.3, 0.4) is 0 Å². The first-order chi connectivity index (χ1) is 9.09. The number of aromatic nitrogens is 2. The van der Waals surface area contributed by atoms with Gasteiger partial charge in [0.05, 0.1) is 11.6 Å². The van der Waals surface area contributed by atoms with Crippen LogP contribution in [-0.2, 0) is 0 Å². The molecule has 2 aromatic rings. The minimum atomic E-state index is -0.923. The van der Waals surface area contributed by atoms with E-state index in [9.17, 15) is 9.90 Å². The van der Waals surface area contributed by atoms with Gasteiger partial charge in [0, 0.05) is 17.6 Å². The van der Waals surface area contributed by atoms with E-state index in [1.54, 1.807) is 12.1 Å². The molecule has 2 heterocycles. The van der Waals surface area contributed by atoms with Crippen LogP contribution >= 0.6 is 0 Å². The molecule has 0 amide bonds. The van der Waals surface area contributed by atoms with Crippen molar-refractivity contribution in [3.8, 4) is 0 Å². The lowest BCUT2D eigenvalue weighted by molar-refractivity contribution is 0.0698. The Kier molecular flexibility index (Phi) is 2.78. The van der Waals surface area contributed by atoms with Gasteiger partial charge in [0.1, 0.15) is 5.52 Å². The van der Waals surface area contributed by atoms with E-state index in [0.717, 1.165) is 24.2 Å². The van der Waals surface area contributed by atoms with Crippen molar-refractivity contribution in [1.29, 1.82) is 0 Å². The van der Waals surface area contributed by atoms with Crippen molar-refractivity contribution in [3.63, 3.8) is 0 Å². The third-order valence-electron chi connectivity index (χ3n) is 4.00. The Balaban J connectivity index is 2.19. The van der Waals surface area contributed by atoms with Crippen LogP contribution in [0.5, 0.6) is 0 Å². The maximum absolute atomic E-state index is 11.3. The zero-order valence-corrected chi connectivity index (χ0v) is 11.1. The van der Waals surface area contributed by atoms with Crippen LogP contribution < -0.4 is 5.32 Å². The summed E-state index contributed by atoms with van der Waals surface area (Å²) >= 11 is 0. The van der Waals surface area contributed by atoms with Crippen molar-refractivity contribution >= 4 is 16.9 Å². The third kappa shape index (κ3) is 1.81. The summed E-state index contributed by atoms with van der Waals surface area (Å²) in [4.78, 5) is 11.3. The molecule has 19 heavy (non-hydrogen) atoms. The Morgan fingerprint density at radius 2 is 2.26 bits per heavy atom. The number of fused-ring (bicyclic) bond motifs is 1. The van der Waals surface area contributed by atoms with E-state index >= 15 is 0 Å². The summed E-state index contributed by atoms with van der Waals surface area (Å²) in [5, 5.41) is 18.1. The number of aromatic carboxylic acids is 1. The number of carboxylic acid groups (broad SMARTS) is 1. The molecular formula is C14H17N3O2.